The fourth-order valence-electron chi connectivity index (χ4n) is 2.28. The number of hydrogen-bond acceptors (Lipinski definition) is 1. The Morgan fingerprint density at radius 2 is 1.12 bits per heavy atom. The van der Waals surface area contributed by atoms with Crippen LogP contribution in [0.1, 0.15) is 84.0 Å². The van der Waals surface area contributed by atoms with Crippen LogP contribution in [0.5, 0.6) is 0 Å². The molecule has 0 aliphatic carbocycles. The number of unbranched alkanes of at least 4 members (excludes halogenated alkanes) is 6. The first-order chi connectivity index (χ1) is 11.8. The molecule has 0 bridgehead atoms. The Bertz CT molecular complexity index is 389. The van der Waals surface area contributed by atoms with E-state index >= 15 is 0 Å². The minimum absolute atomic E-state index is 0.300. The molecule has 0 unspecified atom stereocenters. The monoisotopic (exact) mass is 332 g/mol. The minimum atomic E-state index is -0.687. The standard InChI is InChI=1S/C22H36O2/c1-2-3-4-5-6-7-8-9-10-11-12-13-14-15-16-17-18-19-20-21-22(23)24/h6-7,9-10,12-13,15-16H,2-5,8,11,14,17-21H2,1H3,(H,23,24)/b7-6+,10-9+,13-12-,16-15-. The van der Waals surface area contributed by atoms with Gasteiger partial charge in [-0.1, -0.05) is 74.8 Å². The first-order valence-electron chi connectivity index (χ1n) is 9.59. The average molecular weight is 333 g/mol. The van der Waals surface area contributed by atoms with Crippen molar-refractivity contribution in [1.29, 1.82) is 0 Å². The molecule has 0 aliphatic heterocycles. The summed E-state index contributed by atoms with van der Waals surface area (Å²) in [4.78, 5) is 10.4. The third-order valence-corrected chi connectivity index (χ3v) is 3.72. The van der Waals surface area contributed by atoms with Crippen molar-refractivity contribution in [3.8, 4) is 0 Å². The molecule has 0 aromatic rings. The molecule has 0 aromatic heterocycles. The second-order valence-electron chi connectivity index (χ2n) is 6.08. The quantitative estimate of drug-likeness (QED) is 0.244. The van der Waals surface area contributed by atoms with Gasteiger partial charge in [-0.2, -0.15) is 0 Å². The molecule has 0 radical (unpaired) electrons. The van der Waals surface area contributed by atoms with Gasteiger partial charge in [0.05, 0.1) is 0 Å². The fraction of sp³-hybridized carbons (Fsp3) is 0.591. The molecule has 24 heavy (non-hydrogen) atoms. The van der Waals surface area contributed by atoms with Gasteiger partial charge in [0.15, 0.2) is 0 Å². The molecule has 0 rings (SSSR count). The molecule has 2 nitrogen and oxygen atoms in total. The molecule has 0 amide bonds. The Balaban J connectivity index is 3.37. The normalized spacial score (nSPS) is 12.4. The fourth-order valence-corrected chi connectivity index (χ4v) is 2.28. The lowest BCUT2D eigenvalue weighted by molar-refractivity contribution is -0.137. The van der Waals surface area contributed by atoms with Gasteiger partial charge in [-0.05, 0) is 51.4 Å². The molecular formula is C22H36O2. The molecule has 0 saturated heterocycles. The Hall–Kier alpha value is -1.57. The van der Waals surface area contributed by atoms with Crippen molar-refractivity contribution in [2.24, 2.45) is 0 Å². The summed E-state index contributed by atoms with van der Waals surface area (Å²) in [5.74, 6) is -0.687. The van der Waals surface area contributed by atoms with Crippen LogP contribution < -0.4 is 0 Å². The highest BCUT2D eigenvalue weighted by molar-refractivity contribution is 5.66. The van der Waals surface area contributed by atoms with E-state index in [0.29, 0.717) is 6.42 Å². The summed E-state index contributed by atoms with van der Waals surface area (Å²) in [5, 5.41) is 8.53. The van der Waals surface area contributed by atoms with E-state index in [4.69, 9.17) is 5.11 Å². The van der Waals surface area contributed by atoms with Crippen LogP contribution in [0.25, 0.3) is 0 Å². The van der Waals surface area contributed by atoms with Crippen molar-refractivity contribution in [3.63, 3.8) is 0 Å². The number of hydrogen-bond donors (Lipinski definition) is 1. The van der Waals surface area contributed by atoms with Crippen LogP contribution in [-0.2, 0) is 4.79 Å². The van der Waals surface area contributed by atoms with E-state index in [2.05, 4.69) is 55.5 Å². The van der Waals surface area contributed by atoms with Crippen LogP contribution in [0, 0.1) is 0 Å². The first kappa shape index (κ1) is 22.4. The molecule has 2 heteroatoms. The van der Waals surface area contributed by atoms with E-state index in [1.54, 1.807) is 0 Å². The molecule has 0 aromatic carbocycles. The van der Waals surface area contributed by atoms with Gasteiger partial charge in [-0.15, -0.1) is 0 Å². The van der Waals surface area contributed by atoms with Crippen LogP contribution in [0.2, 0.25) is 0 Å². The highest BCUT2D eigenvalue weighted by atomic mass is 16.4. The van der Waals surface area contributed by atoms with Gasteiger partial charge in [0.2, 0.25) is 0 Å². The van der Waals surface area contributed by atoms with E-state index in [0.717, 1.165) is 44.9 Å². The third kappa shape index (κ3) is 20.4. The smallest absolute Gasteiger partial charge is 0.303 e. The van der Waals surface area contributed by atoms with Crippen LogP contribution in [0.3, 0.4) is 0 Å². The minimum Gasteiger partial charge on any atom is -0.481 e. The Labute approximate surface area is 149 Å². The van der Waals surface area contributed by atoms with Gasteiger partial charge in [0.25, 0.3) is 0 Å². The number of carbonyl (C=O) groups is 1. The SMILES string of the molecule is CCCCC/C=C/C/C=C/C/C=C\C/C=C\CCCCCC(=O)O. The molecular weight excluding hydrogens is 296 g/mol. The van der Waals surface area contributed by atoms with Crippen LogP contribution in [0.15, 0.2) is 48.6 Å². The largest absolute Gasteiger partial charge is 0.481 e. The van der Waals surface area contributed by atoms with Gasteiger partial charge < -0.3 is 5.11 Å². The zero-order valence-electron chi connectivity index (χ0n) is 15.5. The van der Waals surface area contributed by atoms with E-state index < -0.39 is 5.97 Å². The first-order valence-corrected chi connectivity index (χ1v) is 9.59. The predicted octanol–water partition coefficient (Wildman–Crippen LogP) is 7.00. The molecule has 0 heterocycles. The van der Waals surface area contributed by atoms with E-state index in [-0.39, 0.29) is 0 Å². The molecule has 0 fully saturated rings. The number of aliphatic carboxylic acids is 1. The molecule has 0 saturated carbocycles. The zero-order chi connectivity index (χ0) is 17.7. The van der Waals surface area contributed by atoms with Crippen molar-refractivity contribution in [3.05, 3.63) is 48.6 Å². The lowest BCUT2D eigenvalue weighted by atomic mass is 10.1. The Kier molecular flexibility index (Phi) is 18.2. The summed E-state index contributed by atoms with van der Waals surface area (Å²) in [5.41, 5.74) is 0. The highest BCUT2D eigenvalue weighted by Crippen LogP contribution is 2.04. The Morgan fingerprint density at radius 1 is 0.667 bits per heavy atom. The van der Waals surface area contributed by atoms with Crippen molar-refractivity contribution in [2.75, 3.05) is 0 Å². The maximum Gasteiger partial charge on any atom is 0.303 e. The van der Waals surface area contributed by atoms with Gasteiger partial charge >= 0.3 is 5.97 Å². The molecule has 0 atom stereocenters. The number of carboxylic acid groups (broad SMARTS) is 1. The zero-order valence-corrected chi connectivity index (χ0v) is 15.5. The van der Waals surface area contributed by atoms with Crippen molar-refractivity contribution in [1.82, 2.24) is 0 Å². The topological polar surface area (TPSA) is 37.3 Å². The van der Waals surface area contributed by atoms with E-state index in [1.807, 2.05) is 0 Å². The molecule has 0 spiro atoms. The van der Waals surface area contributed by atoms with Gasteiger partial charge in [-0.25, -0.2) is 0 Å². The van der Waals surface area contributed by atoms with Crippen molar-refractivity contribution < 1.29 is 9.90 Å². The second kappa shape index (κ2) is 19.5. The van der Waals surface area contributed by atoms with Crippen molar-refractivity contribution in [2.45, 2.75) is 84.0 Å². The summed E-state index contributed by atoms with van der Waals surface area (Å²) < 4.78 is 0. The van der Waals surface area contributed by atoms with Gasteiger partial charge in [0, 0.05) is 6.42 Å². The second-order valence-corrected chi connectivity index (χ2v) is 6.08. The number of carboxylic acids is 1. The van der Waals surface area contributed by atoms with E-state index in [1.165, 1.54) is 25.7 Å². The Morgan fingerprint density at radius 3 is 1.58 bits per heavy atom. The highest BCUT2D eigenvalue weighted by Gasteiger charge is 1.94. The maximum atomic E-state index is 10.4. The summed E-state index contributed by atoms with van der Waals surface area (Å²) in [6.45, 7) is 2.24. The summed E-state index contributed by atoms with van der Waals surface area (Å²) in [6.07, 6.45) is 30.2. The van der Waals surface area contributed by atoms with Gasteiger partial charge in [-0.3, -0.25) is 4.79 Å². The number of rotatable bonds is 16. The van der Waals surface area contributed by atoms with Gasteiger partial charge in [0.1, 0.15) is 0 Å². The summed E-state index contributed by atoms with van der Waals surface area (Å²) in [6, 6.07) is 0. The van der Waals surface area contributed by atoms with Crippen LogP contribution in [0.4, 0.5) is 0 Å². The molecule has 1 N–H and O–H groups in total. The van der Waals surface area contributed by atoms with Crippen molar-refractivity contribution >= 4 is 5.97 Å². The average Bonchev–Trinajstić information content (AvgIpc) is 2.56. The van der Waals surface area contributed by atoms with E-state index in [9.17, 15) is 4.79 Å². The third-order valence-electron chi connectivity index (χ3n) is 3.72. The van der Waals surface area contributed by atoms with Crippen LogP contribution in [-0.4, -0.2) is 11.1 Å². The summed E-state index contributed by atoms with van der Waals surface area (Å²) in [7, 11) is 0. The molecule has 0 aliphatic rings. The number of allylic oxidation sites excluding steroid dienone is 8. The lowest BCUT2D eigenvalue weighted by Crippen LogP contribution is -1.93. The van der Waals surface area contributed by atoms with Crippen LogP contribution >= 0.6 is 0 Å². The predicted molar refractivity (Wildman–Crippen MR) is 105 cm³/mol. The summed E-state index contributed by atoms with van der Waals surface area (Å²) >= 11 is 0. The lowest BCUT2D eigenvalue weighted by Gasteiger charge is -1.94. The maximum absolute atomic E-state index is 10.4. The molecule has 136 valence electrons.